The Morgan fingerprint density at radius 1 is 1.14 bits per heavy atom. The summed E-state index contributed by atoms with van der Waals surface area (Å²) in [4.78, 5) is 9.20. The fourth-order valence-corrected chi connectivity index (χ4v) is 3.28. The second-order valence-electron chi connectivity index (χ2n) is 5.85. The Kier molecular flexibility index (Phi) is 4.34. The summed E-state index contributed by atoms with van der Waals surface area (Å²) in [6.45, 7) is 7.09. The van der Waals surface area contributed by atoms with Gasteiger partial charge in [0, 0.05) is 28.7 Å². The van der Waals surface area contributed by atoms with Crippen molar-refractivity contribution >= 4 is 33.4 Å². The summed E-state index contributed by atoms with van der Waals surface area (Å²) in [7, 11) is 0. The summed E-state index contributed by atoms with van der Waals surface area (Å²) in [5.74, 6) is 2.18. The first-order valence-electron chi connectivity index (χ1n) is 7.73. The predicted octanol–water partition coefficient (Wildman–Crippen LogP) is 4.91. The van der Waals surface area contributed by atoms with E-state index in [-0.39, 0.29) is 0 Å². The maximum absolute atomic E-state index is 4.62. The summed E-state index contributed by atoms with van der Waals surface area (Å²) < 4.78 is 1.10. The SMILES string of the molecule is CCNc1nc(Nc2c(C)cc(Br)cc2C)cc(C2CC2)n1. The molecule has 1 aliphatic carbocycles. The average Bonchev–Trinajstić information content (AvgIpc) is 3.27. The van der Waals surface area contributed by atoms with E-state index < -0.39 is 0 Å². The molecule has 0 radical (unpaired) electrons. The molecule has 0 atom stereocenters. The van der Waals surface area contributed by atoms with Crippen LogP contribution in [-0.2, 0) is 0 Å². The van der Waals surface area contributed by atoms with Crippen molar-refractivity contribution in [3.63, 3.8) is 0 Å². The van der Waals surface area contributed by atoms with E-state index in [0.29, 0.717) is 11.9 Å². The lowest BCUT2D eigenvalue weighted by Gasteiger charge is -2.14. The first kappa shape index (κ1) is 15.3. The molecule has 2 aromatic rings. The standard InChI is InChI=1S/C17H21BrN4/c1-4-19-17-20-14(12-5-6-12)9-15(22-17)21-16-10(2)7-13(18)8-11(16)3/h7-9,12H,4-6H2,1-3H3,(H2,19,20,21,22). The highest BCUT2D eigenvalue weighted by molar-refractivity contribution is 9.10. The van der Waals surface area contributed by atoms with Crippen LogP contribution in [0, 0.1) is 13.8 Å². The van der Waals surface area contributed by atoms with Crippen LogP contribution < -0.4 is 10.6 Å². The second-order valence-corrected chi connectivity index (χ2v) is 6.76. The number of rotatable bonds is 5. The van der Waals surface area contributed by atoms with E-state index in [1.165, 1.54) is 24.0 Å². The molecule has 0 bridgehead atoms. The van der Waals surface area contributed by atoms with E-state index in [0.717, 1.165) is 28.2 Å². The van der Waals surface area contributed by atoms with Crippen LogP contribution in [0.4, 0.5) is 17.5 Å². The smallest absolute Gasteiger partial charge is 0.224 e. The van der Waals surface area contributed by atoms with Gasteiger partial charge >= 0.3 is 0 Å². The fraction of sp³-hybridized carbons (Fsp3) is 0.412. The lowest BCUT2D eigenvalue weighted by Crippen LogP contribution is -2.07. The molecule has 1 fully saturated rings. The molecule has 0 amide bonds. The summed E-state index contributed by atoms with van der Waals surface area (Å²) in [5, 5.41) is 6.70. The van der Waals surface area contributed by atoms with Crippen molar-refractivity contribution in [3.8, 4) is 0 Å². The number of hydrogen-bond donors (Lipinski definition) is 2. The fourth-order valence-electron chi connectivity index (χ4n) is 2.59. The highest BCUT2D eigenvalue weighted by atomic mass is 79.9. The summed E-state index contributed by atoms with van der Waals surface area (Å²) in [5.41, 5.74) is 4.65. The maximum atomic E-state index is 4.62. The van der Waals surface area contributed by atoms with E-state index in [9.17, 15) is 0 Å². The van der Waals surface area contributed by atoms with Crippen molar-refractivity contribution in [2.24, 2.45) is 0 Å². The summed E-state index contributed by atoms with van der Waals surface area (Å²) >= 11 is 3.54. The average molecular weight is 361 g/mol. The molecule has 1 heterocycles. The van der Waals surface area contributed by atoms with Gasteiger partial charge in [0.1, 0.15) is 5.82 Å². The van der Waals surface area contributed by atoms with Gasteiger partial charge in [0.25, 0.3) is 0 Å². The van der Waals surface area contributed by atoms with Crippen LogP contribution in [0.3, 0.4) is 0 Å². The molecule has 2 N–H and O–H groups in total. The van der Waals surface area contributed by atoms with E-state index in [1.54, 1.807) is 0 Å². The van der Waals surface area contributed by atoms with Gasteiger partial charge in [0.2, 0.25) is 5.95 Å². The molecular formula is C17H21BrN4. The Morgan fingerprint density at radius 2 is 1.82 bits per heavy atom. The van der Waals surface area contributed by atoms with Crippen molar-refractivity contribution < 1.29 is 0 Å². The molecule has 22 heavy (non-hydrogen) atoms. The molecule has 116 valence electrons. The van der Waals surface area contributed by atoms with Crippen LogP contribution >= 0.6 is 15.9 Å². The van der Waals surface area contributed by atoms with Gasteiger partial charge in [-0.3, -0.25) is 0 Å². The molecule has 0 saturated heterocycles. The van der Waals surface area contributed by atoms with Crippen LogP contribution in [0.25, 0.3) is 0 Å². The summed E-state index contributed by atoms with van der Waals surface area (Å²) in [6.07, 6.45) is 2.47. The number of aromatic nitrogens is 2. The van der Waals surface area contributed by atoms with E-state index in [2.05, 4.69) is 75.5 Å². The van der Waals surface area contributed by atoms with Crippen LogP contribution in [0.15, 0.2) is 22.7 Å². The zero-order valence-corrected chi connectivity index (χ0v) is 14.8. The molecule has 0 spiro atoms. The van der Waals surface area contributed by atoms with Crippen LogP contribution in [0.2, 0.25) is 0 Å². The molecule has 0 unspecified atom stereocenters. The highest BCUT2D eigenvalue weighted by Gasteiger charge is 2.26. The number of nitrogens with zero attached hydrogens (tertiary/aromatic N) is 2. The molecule has 1 aliphatic rings. The molecule has 0 aliphatic heterocycles. The number of nitrogens with one attached hydrogen (secondary N) is 2. The molecule has 1 aromatic heterocycles. The number of hydrogen-bond acceptors (Lipinski definition) is 4. The van der Waals surface area contributed by atoms with E-state index >= 15 is 0 Å². The van der Waals surface area contributed by atoms with Gasteiger partial charge in [-0.1, -0.05) is 15.9 Å². The van der Waals surface area contributed by atoms with Crippen molar-refractivity contribution in [3.05, 3.63) is 39.5 Å². The van der Waals surface area contributed by atoms with Crippen molar-refractivity contribution in [1.82, 2.24) is 9.97 Å². The first-order chi connectivity index (χ1) is 10.6. The number of benzene rings is 1. The Morgan fingerprint density at radius 3 is 2.41 bits per heavy atom. The van der Waals surface area contributed by atoms with Gasteiger partial charge in [-0.25, -0.2) is 4.98 Å². The molecule has 5 heteroatoms. The third-order valence-corrected chi connectivity index (χ3v) is 4.28. The molecule has 1 aromatic carbocycles. The summed E-state index contributed by atoms with van der Waals surface area (Å²) in [6, 6.07) is 6.31. The van der Waals surface area contributed by atoms with Crippen molar-refractivity contribution in [2.75, 3.05) is 17.2 Å². The van der Waals surface area contributed by atoms with Crippen LogP contribution in [-0.4, -0.2) is 16.5 Å². The number of aryl methyl sites for hydroxylation is 2. The van der Waals surface area contributed by atoms with E-state index in [4.69, 9.17) is 0 Å². The lowest BCUT2D eigenvalue weighted by atomic mass is 10.1. The third-order valence-electron chi connectivity index (χ3n) is 3.83. The van der Waals surface area contributed by atoms with Gasteiger partial charge in [0.05, 0.1) is 5.69 Å². The van der Waals surface area contributed by atoms with Crippen molar-refractivity contribution in [2.45, 2.75) is 39.5 Å². The second kappa shape index (κ2) is 6.24. The van der Waals surface area contributed by atoms with Crippen LogP contribution in [0.1, 0.15) is 42.5 Å². The third kappa shape index (κ3) is 3.40. The highest BCUT2D eigenvalue weighted by Crippen LogP contribution is 2.40. The Bertz CT molecular complexity index is 672. The van der Waals surface area contributed by atoms with Crippen molar-refractivity contribution in [1.29, 1.82) is 0 Å². The Labute approximate surface area is 139 Å². The van der Waals surface area contributed by atoms with Gasteiger partial charge in [-0.2, -0.15) is 4.98 Å². The largest absolute Gasteiger partial charge is 0.354 e. The zero-order valence-electron chi connectivity index (χ0n) is 13.2. The maximum Gasteiger partial charge on any atom is 0.224 e. The predicted molar refractivity (Wildman–Crippen MR) is 95.1 cm³/mol. The number of halogens is 1. The zero-order chi connectivity index (χ0) is 15.7. The Hall–Kier alpha value is -1.62. The molecule has 3 rings (SSSR count). The lowest BCUT2D eigenvalue weighted by molar-refractivity contribution is 0.977. The number of anilines is 3. The molecule has 4 nitrogen and oxygen atoms in total. The first-order valence-corrected chi connectivity index (χ1v) is 8.52. The topological polar surface area (TPSA) is 49.8 Å². The minimum atomic E-state index is 0.605. The van der Waals surface area contributed by atoms with E-state index in [1.807, 2.05) is 0 Å². The molecular weight excluding hydrogens is 340 g/mol. The Balaban J connectivity index is 1.94. The minimum absolute atomic E-state index is 0.605. The molecule has 1 saturated carbocycles. The minimum Gasteiger partial charge on any atom is -0.354 e. The van der Waals surface area contributed by atoms with Crippen LogP contribution in [0.5, 0.6) is 0 Å². The van der Waals surface area contributed by atoms with Gasteiger partial charge in [-0.05, 0) is 56.9 Å². The monoisotopic (exact) mass is 360 g/mol. The normalized spacial score (nSPS) is 14.0. The quantitative estimate of drug-likeness (QED) is 0.795. The van der Waals surface area contributed by atoms with Gasteiger partial charge in [0.15, 0.2) is 0 Å². The van der Waals surface area contributed by atoms with Gasteiger partial charge in [-0.15, -0.1) is 0 Å². The van der Waals surface area contributed by atoms with Gasteiger partial charge < -0.3 is 10.6 Å².